The third-order valence-corrected chi connectivity index (χ3v) is 5.10. The minimum absolute atomic E-state index is 0.00915. The molecule has 5 nitrogen and oxygen atoms in total. The minimum Gasteiger partial charge on any atom is -0.460 e. The molecule has 1 unspecified atom stereocenters. The Morgan fingerprint density at radius 2 is 1.88 bits per heavy atom. The summed E-state index contributed by atoms with van der Waals surface area (Å²) in [5.41, 5.74) is 1.08. The van der Waals surface area contributed by atoms with Gasteiger partial charge in [0.05, 0.1) is 12.6 Å². The molecule has 1 aliphatic rings. The zero-order valence-corrected chi connectivity index (χ0v) is 15.1. The predicted molar refractivity (Wildman–Crippen MR) is 99.5 cm³/mol. The van der Waals surface area contributed by atoms with Crippen LogP contribution >= 0.6 is 0 Å². The Morgan fingerprint density at radius 3 is 2.69 bits per heavy atom. The third kappa shape index (κ3) is 3.88. The summed E-state index contributed by atoms with van der Waals surface area (Å²) in [5.74, 6) is 3.76. The first kappa shape index (κ1) is 17.0. The third-order valence-electron chi connectivity index (χ3n) is 5.10. The van der Waals surface area contributed by atoms with Crippen molar-refractivity contribution in [1.82, 2.24) is 15.5 Å². The van der Waals surface area contributed by atoms with Gasteiger partial charge in [-0.05, 0) is 31.9 Å². The number of nitrogens with zero attached hydrogens (tertiary/aromatic N) is 2. The largest absolute Gasteiger partial charge is 0.460 e. The summed E-state index contributed by atoms with van der Waals surface area (Å²) in [4.78, 5) is 4.63. The Bertz CT molecular complexity index is 819. The van der Waals surface area contributed by atoms with Crippen LogP contribution in [0.15, 0.2) is 51.4 Å². The first-order chi connectivity index (χ1) is 12.8. The average molecular weight is 351 g/mol. The molecular weight excluding hydrogens is 326 g/mol. The lowest BCUT2D eigenvalue weighted by atomic mass is 9.89. The molecule has 26 heavy (non-hydrogen) atoms. The minimum atomic E-state index is -0.00915. The van der Waals surface area contributed by atoms with Gasteiger partial charge in [0.15, 0.2) is 5.82 Å². The molecule has 0 amide bonds. The van der Waals surface area contributed by atoms with E-state index in [1.807, 2.05) is 49.4 Å². The fourth-order valence-electron chi connectivity index (χ4n) is 3.52. The number of benzene rings is 1. The molecule has 0 radical (unpaired) electrons. The fraction of sp³-hybridized carbons (Fsp3) is 0.429. The van der Waals surface area contributed by atoms with Crippen LogP contribution in [-0.2, 0) is 6.54 Å². The van der Waals surface area contributed by atoms with Gasteiger partial charge in [0.1, 0.15) is 11.5 Å². The number of nitrogens with one attached hydrogen (secondary N) is 1. The smallest absolute Gasteiger partial charge is 0.243 e. The normalized spacial score (nSPS) is 16.7. The van der Waals surface area contributed by atoms with E-state index in [0.29, 0.717) is 18.4 Å². The van der Waals surface area contributed by atoms with Gasteiger partial charge in [0.2, 0.25) is 5.89 Å². The highest BCUT2D eigenvalue weighted by Gasteiger charge is 2.22. The topological polar surface area (TPSA) is 64.1 Å². The summed E-state index contributed by atoms with van der Waals surface area (Å²) >= 11 is 0. The maximum absolute atomic E-state index is 5.93. The highest BCUT2D eigenvalue weighted by molar-refractivity contribution is 5.57. The van der Waals surface area contributed by atoms with Crippen LogP contribution in [0.3, 0.4) is 0 Å². The highest BCUT2D eigenvalue weighted by atomic mass is 16.5. The molecule has 2 aromatic heterocycles. The summed E-state index contributed by atoms with van der Waals surface area (Å²) in [6.07, 6.45) is 6.22. The van der Waals surface area contributed by atoms with Crippen molar-refractivity contribution in [3.63, 3.8) is 0 Å². The second kappa shape index (κ2) is 7.87. The van der Waals surface area contributed by atoms with Gasteiger partial charge in [-0.2, -0.15) is 4.98 Å². The number of hydrogen-bond donors (Lipinski definition) is 1. The van der Waals surface area contributed by atoms with E-state index in [1.165, 1.54) is 32.1 Å². The van der Waals surface area contributed by atoms with Crippen LogP contribution in [-0.4, -0.2) is 10.1 Å². The molecule has 1 fully saturated rings. The number of hydrogen-bond acceptors (Lipinski definition) is 5. The van der Waals surface area contributed by atoms with E-state index in [-0.39, 0.29) is 6.04 Å². The van der Waals surface area contributed by atoms with Crippen LogP contribution in [0.4, 0.5) is 0 Å². The van der Waals surface area contributed by atoms with Gasteiger partial charge in [0, 0.05) is 11.5 Å². The van der Waals surface area contributed by atoms with Crippen molar-refractivity contribution in [2.75, 3.05) is 0 Å². The van der Waals surface area contributed by atoms with Crippen LogP contribution in [0, 0.1) is 0 Å². The predicted octanol–water partition coefficient (Wildman–Crippen LogP) is 5.23. The Kier molecular flexibility index (Phi) is 5.16. The van der Waals surface area contributed by atoms with Crippen LogP contribution in [0.2, 0.25) is 0 Å². The molecule has 4 rings (SSSR count). The molecule has 3 aromatic rings. The second-order valence-corrected chi connectivity index (χ2v) is 7.06. The SMILES string of the molecule is CC(NCc1ccc(-c2ccccc2)o1)c1nc(C2CCCCC2)no1. The first-order valence-corrected chi connectivity index (χ1v) is 9.50. The summed E-state index contributed by atoms with van der Waals surface area (Å²) in [5, 5.41) is 7.62. The van der Waals surface area contributed by atoms with Crippen molar-refractivity contribution in [2.24, 2.45) is 0 Å². The van der Waals surface area contributed by atoms with E-state index in [0.717, 1.165) is 22.9 Å². The number of rotatable bonds is 6. The van der Waals surface area contributed by atoms with Crippen molar-refractivity contribution in [2.45, 2.75) is 57.5 Å². The Hall–Kier alpha value is -2.40. The van der Waals surface area contributed by atoms with Crippen molar-refractivity contribution >= 4 is 0 Å². The zero-order chi connectivity index (χ0) is 17.8. The molecule has 1 aliphatic carbocycles. The van der Waals surface area contributed by atoms with E-state index in [1.54, 1.807) is 0 Å². The zero-order valence-electron chi connectivity index (χ0n) is 15.1. The van der Waals surface area contributed by atoms with Crippen molar-refractivity contribution in [3.8, 4) is 11.3 Å². The molecular formula is C21H25N3O2. The van der Waals surface area contributed by atoms with Crippen LogP contribution in [0.25, 0.3) is 11.3 Å². The summed E-state index contributed by atoms with van der Waals surface area (Å²) in [6, 6.07) is 14.1. The summed E-state index contributed by atoms with van der Waals surface area (Å²) < 4.78 is 11.4. The quantitative estimate of drug-likeness (QED) is 0.659. The van der Waals surface area contributed by atoms with Gasteiger partial charge in [-0.25, -0.2) is 0 Å². The lowest BCUT2D eigenvalue weighted by molar-refractivity contribution is 0.325. The molecule has 1 aromatic carbocycles. The standard InChI is InChI=1S/C21H25N3O2/c1-15(21-23-20(24-26-21)17-10-6-3-7-11-17)22-14-18-12-13-19(25-18)16-8-4-2-5-9-16/h2,4-5,8-9,12-13,15,17,22H,3,6-7,10-11,14H2,1H3. The fourth-order valence-corrected chi connectivity index (χ4v) is 3.52. The van der Waals surface area contributed by atoms with Crippen molar-refractivity contribution in [3.05, 3.63) is 59.9 Å². The molecule has 1 N–H and O–H groups in total. The Morgan fingerprint density at radius 1 is 1.08 bits per heavy atom. The maximum Gasteiger partial charge on any atom is 0.243 e. The molecule has 2 heterocycles. The van der Waals surface area contributed by atoms with Gasteiger partial charge in [-0.15, -0.1) is 0 Å². The average Bonchev–Trinajstić information content (AvgIpc) is 3.37. The second-order valence-electron chi connectivity index (χ2n) is 7.06. The Balaban J connectivity index is 1.35. The van der Waals surface area contributed by atoms with E-state index in [9.17, 15) is 0 Å². The molecule has 0 aliphatic heterocycles. The van der Waals surface area contributed by atoms with Gasteiger partial charge in [0.25, 0.3) is 0 Å². The lowest BCUT2D eigenvalue weighted by Gasteiger charge is -2.17. The highest BCUT2D eigenvalue weighted by Crippen LogP contribution is 2.31. The monoisotopic (exact) mass is 351 g/mol. The van der Waals surface area contributed by atoms with Crippen LogP contribution < -0.4 is 5.32 Å². The maximum atomic E-state index is 5.93. The van der Waals surface area contributed by atoms with E-state index >= 15 is 0 Å². The van der Waals surface area contributed by atoms with E-state index in [2.05, 4.69) is 15.5 Å². The Labute approximate surface area is 153 Å². The summed E-state index contributed by atoms with van der Waals surface area (Å²) in [6.45, 7) is 2.66. The van der Waals surface area contributed by atoms with E-state index < -0.39 is 0 Å². The number of aromatic nitrogens is 2. The van der Waals surface area contributed by atoms with Crippen molar-refractivity contribution < 1.29 is 8.94 Å². The van der Waals surface area contributed by atoms with Gasteiger partial charge >= 0.3 is 0 Å². The van der Waals surface area contributed by atoms with E-state index in [4.69, 9.17) is 8.94 Å². The molecule has 1 saturated carbocycles. The van der Waals surface area contributed by atoms with Gasteiger partial charge < -0.3 is 8.94 Å². The molecule has 0 bridgehead atoms. The molecule has 0 spiro atoms. The van der Waals surface area contributed by atoms with Gasteiger partial charge in [-0.3, -0.25) is 5.32 Å². The van der Waals surface area contributed by atoms with Crippen LogP contribution in [0.1, 0.15) is 68.5 Å². The number of furan rings is 1. The first-order valence-electron chi connectivity index (χ1n) is 9.50. The lowest BCUT2D eigenvalue weighted by Crippen LogP contribution is -2.18. The molecule has 0 saturated heterocycles. The summed E-state index contributed by atoms with van der Waals surface area (Å²) in [7, 11) is 0. The molecule has 1 atom stereocenters. The molecule has 5 heteroatoms. The van der Waals surface area contributed by atoms with Gasteiger partial charge in [-0.1, -0.05) is 54.8 Å². The van der Waals surface area contributed by atoms with Crippen LogP contribution in [0.5, 0.6) is 0 Å². The van der Waals surface area contributed by atoms with Crippen molar-refractivity contribution in [1.29, 1.82) is 0 Å². The molecule has 136 valence electrons.